The van der Waals surface area contributed by atoms with E-state index in [2.05, 4.69) is 19.0 Å². The van der Waals surface area contributed by atoms with Crippen LogP contribution in [0.3, 0.4) is 0 Å². The van der Waals surface area contributed by atoms with E-state index >= 15 is 0 Å². The quantitative estimate of drug-likeness (QED) is 0.832. The summed E-state index contributed by atoms with van der Waals surface area (Å²) in [6, 6.07) is 0. The molecule has 3 atom stereocenters. The number of rotatable bonds is 5. The van der Waals surface area contributed by atoms with Gasteiger partial charge in [0.25, 0.3) is 0 Å². The summed E-state index contributed by atoms with van der Waals surface area (Å²) in [5.74, 6) is 2.97. The van der Waals surface area contributed by atoms with E-state index in [1.165, 1.54) is 19.3 Å². The molecule has 1 aliphatic rings. The van der Waals surface area contributed by atoms with Crippen LogP contribution in [0.2, 0.25) is 0 Å². The average molecular weight is 313 g/mol. The van der Waals surface area contributed by atoms with Crippen LogP contribution < -0.4 is 0 Å². The van der Waals surface area contributed by atoms with Crippen molar-refractivity contribution in [2.45, 2.75) is 59.1 Å². The molecule has 2 rings (SSSR count). The van der Waals surface area contributed by atoms with Gasteiger partial charge >= 0.3 is 0 Å². The monoisotopic (exact) mass is 313 g/mol. The first-order valence-corrected chi connectivity index (χ1v) is 9.71. The van der Waals surface area contributed by atoms with Gasteiger partial charge in [-0.15, -0.1) is 0 Å². The minimum absolute atomic E-state index is 0.0615. The minimum Gasteiger partial charge on any atom is -0.361 e. The van der Waals surface area contributed by atoms with Crippen molar-refractivity contribution in [3.63, 3.8) is 0 Å². The van der Waals surface area contributed by atoms with Gasteiger partial charge < -0.3 is 4.52 Å². The molecule has 5 heteroatoms. The molecule has 1 unspecified atom stereocenters. The lowest BCUT2D eigenvalue weighted by atomic mass is 9.76. The predicted octanol–water partition coefficient (Wildman–Crippen LogP) is 3.67. The SMILES string of the molecule is Cc1noc(C)c1CS(=O)(=O)CCC1C[C@@H](C)C[C@@H](C)C1. The molecule has 0 saturated heterocycles. The first-order valence-electron chi connectivity index (χ1n) is 7.89. The van der Waals surface area contributed by atoms with Crippen LogP contribution in [-0.2, 0) is 15.6 Å². The number of sulfone groups is 1. The molecule has 1 aliphatic carbocycles. The summed E-state index contributed by atoms with van der Waals surface area (Å²) in [5.41, 5.74) is 1.43. The van der Waals surface area contributed by atoms with Gasteiger partial charge in [0.15, 0.2) is 9.84 Å². The molecular weight excluding hydrogens is 286 g/mol. The summed E-state index contributed by atoms with van der Waals surface area (Å²) in [4.78, 5) is 0. The Balaban J connectivity index is 1.92. The van der Waals surface area contributed by atoms with Crippen molar-refractivity contribution in [3.05, 3.63) is 17.0 Å². The van der Waals surface area contributed by atoms with Crippen molar-refractivity contribution < 1.29 is 12.9 Å². The van der Waals surface area contributed by atoms with Crippen LogP contribution in [0.25, 0.3) is 0 Å². The third-order valence-corrected chi connectivity index (χ3v) is 6.24. The van der Waals surface area contributed by atoms with Crippen molar-refractivity contribution in [3.8, 4) is 0 Å². The highest BCUT2D eigenvalue weighted by Gasteiger charge is 2.26. The molecule has 21 heavy (non-hydrogen) atoms. The van der Waals surface area contributed by atoms with Crippen molar-refractivity contribution >= 4 is 9.84 Å². The first kappa shape index (κ1) is 16.5. The van der Waals surface area contributed by atoms with E-state index in [1.807, 2.05) is 0 Å². The second-order valence-corrected chi connectivity index (χ2v) is 9.15. The highest BCUT2D eigenvalue weighted by atomic mass is 32.2. The smallest absolute Gasteiger partial charge is 0.154 e. The normalized spacial score (nSPS) is 27.0. The van der Waals surface area contributed by atoms with E-state index in [0.29, 0.717) is 17.4 Å². The maximum Gasteiger partial charge on any atom is 0.154 e. The Labute approximate surface area is 128 Å². The summed E-state index contributed by atoms with van der Waals surface area (Å²) in [6.07, 6.45) is 4.42. The summed E-state index contributed by atoms with van der Waals surface area (Å²) in [6.45, 7) is 8.13. The van der Waals surface area contributed by atoms with E-state index in [1.54, 1.807) is 13.8 Å². The fourth-order valence-electron chi connectivity index (χ4n) is 3.70. The van der Waals surface area contributed by atoms with E-state index < -0.39 is 9.84 Å². The Bertz CT molecular complexity index is 547. The van der Waals surface area contributed by atoms with Crippen LogP contribution in [0.1, 0.15) is 56.5 Å². The minimum atomic E-state index is -3.08. The lowest BCUT2D eigenvalue weighted by Crippen LogP contribution is -2.22. The van der Waals surface area contributed by atoms with Crippen LogP contribution in [0, 0.1) is 31.6 Å². The second-order valence-electron chi connectivity index (χ2n) is 6.97. The number of aryl methyl sites for hydroxylation is 2. The van der Waals surface area contributed by atoms with Gasteiger partial charge in [-0.25, -0.2) is 8.42 Å². The van der Waals surface area contributed by atoms with E-state index in [9.17, 15) is 8.42 Å². The molecule has 0 N–H and O–H groups in total. The van der Waals surface area contributed by atoms with Gasteiger partial charge in [-0.1, -0.05) is 19.0 Å². The molecule has 0 aromatic carbocycles. The molecule has 0 amide bonds. The molecule has 1 fully saturated rings. The first-order chi connectivity index (χ1) is 9.77. The molecule has 0 radical (unpaired) electrons. The molecular formula is C16H27NO3S. The van der Waals surface area contributed by atoms with E-state index in [4.69, 9.17) is 4.52 Å². The molecule has 1 aromatic heterocycles. The van der Waals surface area contributed by atoms with E-state index in [0.717, 1.165) is 23.8 Å². The van der Waals surface area contributed by atoms with Crippen LogP contribution >= 0.6 is 0 Å². The fraction of sp³-hybridized carbons (Fsp3) is 0.812. The van der Waals surface area contributed by atoms with Gasteiger partial charge in [-0.05, 0) is 57.3 Å². The lowest BCUT2D eigenvalue weighted by Gasteiger charge is -2.31. The maximum atomic E-state index is 12.3. The number of nitrogens with zero attached hydrogens (tertiary/aromatic N) is 1. The third kappa shape index (κ3) is 4.56. The zero-order valence-corrected chi connectivity index (χ0v) is 14.4. The Morgan fingerprint density at radius 3 is 2.29 bits per heavy atom. The molecule has 0 bridgehead atoms. The standard InChI is InChI=1S/C16H27NO3S/c1-11-7-12(2)9-15(8-11)5-6-21(18,19)10-16-13(3)17-20-14(16)4/h11-12,15H,5-10H2,1-4H3/t11-,12+,15?. The number of hydrogen-bond donors (Lipinski definition) is 0. The van der Waals surface area contributed by atoms with Gasteiger partial charge in [0, 0.05) is 5.56 Å². The maximum absolute atomic E-state index is 12.3. The van der Waals surface area contributed by atoms with Gasteiger partial charge in [-0.2, -0.15) is 0 Å². The zero-order chi connectivity index (χ0) is 15.6. The number of aromatic nitrogens is 1. The van der Waals surface area contributed by atoms with Crippen LogP contribution in [-0.4, -0.2) is 19.3 Å². The predicted molar refractivity (Wildman–Crippen MR) is 83.8 cm³/mol. The summed E-state index contributed by atoms with van der Waals surface area (Å²) in [5, 5.41) is 3.83. The van der Waals surface area contributed by atoms with Crippen molar-refractivity contribution in [2.24, 2.45) is 17.8 Å². The molecule has 0 spiro atoms. The largest absolute Gasteiger partial charge is 0.361 e. The van der Waals surface area contributed by atoms with Crippen molar-refractivity contribution in [1.29, 1.82) is 0 Å². The molecule has 1 aromatic rings. The highest BCUT2D eigenvalue weighted by Crippen LogP contribution is 2.35. The Hall–Kier alpha value is -0.840. The average Bonchev–Trinajstić information content (AvgIpc) is 2.67. The summed E-state index contributed by atoms with van der Waals surface area (Å²) < 4.78 is 29.7. The Morgan fingerprint density at radius 2 is 1.76 bits per heavy atom. The topological polar surface area (TPSA) is 60.2 Å². The van der Waals surface area contributed by atoms with Gasteiger partial charge in [0.1, 0.15) is 5.76 Å². The van der Waals surface area contributed by atoms with Crippen LogP contribution in [0.4, 0.5) is 0 Å². The molecule has 120 valence electrons. The van der Waals surface area contributed by atoms with Crippen LogP contribution in [0.15, 0.2) is 4.52 Å². The summed E-state index contributed by atoms with van der Waals surface area (Å²) in [7, 11) is -3.08. The lowest BCUT2D eigenvalue weighted by molar-refractivity contribution is 0.215. The van der Waals surface area contributed by atoms with Gasteiger partial charge in [0.2, 0.25) is 0 Å². The van der Waals surface area contributed by atoms with Gasteiger partial charge in [0.05, 0.1) is 17.2 Å². The second kappa shape index (κ2) is 6.51. The molecule has 4 nitrogen and oxygen atoms in total. The summed E-state index contributed by atoms with van der Waals surface area (Å²) >= 11 is 0. The Kier molecular flexibility index (Phi) is 5.12. The number of hydrogen-bond acceptors (Lipinski definition) is 4. The zero-order valence-electron chi connectivity index (χ0n) is 13.6. The van der Waals surface area contributed by atoms with Gasteiger partial charge in [-0.3, -0.25) is 0 Å². The van der Waals surface area contributed by atoms with Crippen molar-refractivity contribution in [2.75, 3.05) is 5.75 Å². The molecule has 1 saturated carbocycles. The van der Waals surface area contributed by atoms with E-state index in [-0.39, 0.29) is 11.5 Å². The van der Waals surface area contributed by atoms with Crippen LogP contribution in [0.5, 0.6) is 0 Å². The Morgan fingerprint density at radius 1 is 1.14 bits per heavy atom. The molecule has 0 aliphatic heterocycles. The fourth-order valence-corrected chi connectivity index (χ4v) is 5.38. The van der Waals surface area contributed by atoms with Crippen molar-refractivity contribution in [1.82, 2.24) is 5.16 Å². The highest BCUT2D eigenvalue weighted by molar-refractivity contribution is 7.90. The molecule has 1 heterocycles. The third-order valence-electron chi connectivity index (χ3n) is 4.66.